The Bertz CT molecular complexity index is 1290. The molecule has 2 aliphatic rings. The number of rotatable bonds is 4. The molecule has 0 spiro atoms. The zero-order valence-corrected chi connectivity index (χ0v) is 20.4. The molecule has 0 radical (unpaired) electrons. The van der Waals surface area contributed by atoms with Crippen molar-refractivity contribution in [3.8, 4) is 5.75 Å². The monoisotopic (exact) mass is 469 g/mol. The van der Waals surface area contributed by atoms with Gasteiger partial charge in [0.05, 0.1) is 23.9 Å². The van der Waals surface area contributed by atoms with Crippen molar-refractivity contribution >= 4 is 34.4 Å². The minimum Gasteiger partial charge on any atom is -0.497 e. The van der Waals surface area contributed by atoms with Gasteiger partial charge in [-0.15, -0.1) is 0 Å². The number of carbonyl (C=O) groups excluding carboxylic acids is 2. The third kappa shape index (κ3) is 4.53. The number of nitrogens with zero attached hydrogens (tertiary/aromatic N) is 3. The molecule has 1 aliphatic heterocycles. The summed E-state index contributed by atoms with van der Waals surface area (Å²) in [7, 11) is 1.67. The second-order valence-electron chi connectivity index (χ2n) is 9.15. The Hall–Kier alpha value is -3.67. The summed E-state index contributed by atoms with van der Waals surface area (Å²) in [6.45, 7) is 4.18. The smallest absolute Gasteiger partial charge is 0.255 e. The number of methoxy groups -OCH3 is 1. The third-order valence-electron chi connectivity index (χ3n) is 7.06. The van der Waals surface area contributed by atoms with Crippen LogP contribution >= 0.6 is 0 Å². The number of hydrogen-bond acceptors (Lipinski definition) is 4. The van der Waals surface area contributed by atoms with Crippen LogP contribution in [0.15, 0.2) is 48.5 Å². The Morgan fingerprint density at radius 3 is 2.40 bits per heavy atom. The maximum atomic E-state index is 13.9. The van der Waals surface area contributed by atoms with E-state index < -0.39 is 0 Å². The Labute approximate surface area is 206 Å². The molecule has 3 aromatic rings. The Balaban J connectivity index is 1.54. The SMILES string of the molecule is CCC(=O)N1CCN(C(=O)c2c3c(nc4ccccc24)C(=Cc2ccc(OC)cc2)CCC3)CC1. The summed E-state index contributed by atoms with van der Waals surface area (Å²) >= 11 is 0. The first-order chi connectivity index (χ1) is 17.1. The number of para-hydroxylation sites is 1. The quantitative estimate of drug-likeness (QED) is 0.550. The first-order valence-electron chi connectivity index (χ1n) is 12.4. The molecule has 1 aromatic heterocycles. The predicted molar refractivity (Wildman–Crippen MR) is 138 cm³/mol. The average molecular weight is 470 g/mol. The van der Waals surface area contributed by atoms with Crippen LogP contribution in [-0.2, 0) is 11.2 Å². The number of hydrogen-bond donors (Lipinski definition) is 0. The highest BCUT2D eigenvalue weighted by atomic mass is 16.5. The molecule has 0 bridgehead atoms. The van der Waals surface area contributed by atoms with Crippen LogP contribution in [-0.4, -0.2) is 59.9 Å². The molecule has 2 aromatic carbocycles. The Kier molecular flexibility index (Phi) is 6.53. The lowest BCUT2D eigenvalue weighted by Crippen LogP contribution is -2.50. The molecular formula is C29H31N3O3. The van der Waals surface area contributed by atoms with Gasteiger partial charge in [-0.25, -0.2) is 4.98 Å². The van der Waals surface area contributed by atoms with Crippen LogP contribution in [0.3, 0.4) is 0 Å². The molecule has 6 nitrogen and oxygen atoms in total. The zero-order valence-electron chi connectivity index (χ0n) is 20.4. The molecule has 0 atom stereocenters. The molecular weight excluding hydrogens is 438 g/mol. The molecule has 2 heterocycles. The highest BCUT2D eigenvalue weighted by Crippen LogP contribution is 2.37. The van der Waals surface area contributed by atoms with Gasteiger partial charge in [0, 0.05) is 38.0 Å². The van der Waals surface area contributed by atoms with Crippen LogP contribution in [0.4, 0.5) is 0 Å². The number of benzene rings is 2. The molecule has 0 N–H and O–H groups in total. The van der Waals surface area contributed by atoms with Crippen molar-refractivity contribution in [2.24, 2.45) is 0 Å². The number of pyridine rings is 1. The largest absolute Gasteiger partial charge is 0.497 e. The fourth-order valence-corrected chi connectivity index (χ4v) is 5.16. The lowest BCUT2D eigenvalue weighted by molar-refractivity contribution is -0.132. The maximum absolute atomic E-state index is 13.9. The van der Waals surface area contributed by atoms with E-state index in [-0.39, 0.29) is 11.8 Å². The van der Waals surface area contributed by atoms with Gasteiger partial charge in [0.25, 0.3) is 5.91 Å². The summed E-state index contributed by atoms with van der Waals surface area (Å²) in [5.74, 6) is 1.03. The van der Waals surface area contributed by atoms with Crippen molar-refractivity contribution in [2.45, 2.75) is 32.6 Å². The number of piperazine rings is 1. The van der Waals surface area contributed by atoms with Crippen LogP contribution in [0.2, 0.25) is 0 Å². The minimum atomic E-state index is 0.0501. The second kappa shape index (κ2) is 9.90. The van der Waals surface area contributed by atoms with Crippen LogP contribution < -0.4 is 4.74 Å². The second-order valence-corrected chi connectivity index (χ2v) is 9.15. The van der Waals surface area contributed by atoms with E-state index in [0.717, 1.165) is 63.9 Å². The summed E-state index contributed by atoms with van der Waals surface area (Å²) in [4.78, 5) is 34.8. The molecule has 1 saturated heterocycles. The van der Waals surface area contributed by atoms with Crippen LogP contribution in [0, 0.1) is 0 Å². The van der Waals surface area contributed by atoms with E-state index >= 15 is 0 Å². The average Bonchev–Trinajstić information content (AvgIpc) is 2.91. The van der Waals surface area contributed by atoms with Crippen molar-refractivity contribution in [2.75, 3.05) is 33.3 Å². The van der Waals surface area contributed by atoms with Gasteiger partial charge in [0.2, 0.25) is 5.91 Å². The number of aromatic nitrogens is 1. The van der Waals surface area contributed by atoms with Crippen LogP contribution in [0.5, 0.6) is 5.75 Å². The van der Waals surface area contributed by atoms with Crippen molar-refractivity contribution in [1.29, 1.82) is 0 Å². The van der Waals surface area contributed by atoms with E-state index in [1.165, 1.54) is 0 Å². The normalized spacial score (nSPS) is 16.9. The van der Waals surface area contributed by atoms with Crippen LogP contribution in [0.25, 0.3) is 22.6 Å². The first kappa shape index (κ1) is 23.1. The summed E-state index contributed by atoms with van der Waals surface area (Å²) in [5, 5.41) is 0.911. The van der Waals surface area contributed by atoms with Crippen molar-refractivity contribution in [3.63, 3.8) is 0 Å². The van der Waals surface area contributed by atoms with E-state index in [0.29, 0.717) is 32.6 Å². The van der Waals surface area contributed by atoms with Gasteiger partial charge >= 0.3 is 0 Å². The summed E-state index contributed by atoms with van der Waals surface area (Å²) in [6.07, 6.45) is 5.43. The summed E-state index contributed by atoms with van der Waals surface area (Å²) in [5.41, 5.74) is 5.86. The molecule has 2 amide bonds. The van der Waals surface area contributed by atoms with Crippen molar-refractivity contribution < 1.29 is 14.3 Å². The number of carbonyl (C=O) groups is 2. The van der Waals surface area contributed by atoms with E-state index in [1.807, 2.05) is 65.3 Å². The lowest BCUT2D eigenvalue weighted by atomic mass is 9.85. The molecule has 1 aliphatic carbocycles. The highest BCUT2D eigenvalue weighted by Gasteiger charge is 2.30. The highest BCUT2D eigenvalue weighted by molar-refractivity contribution is 6.09. The predicted octanol–water partition coefficient (Wildman–Crippen LogP) is 4.81. The summed E-state index contributed by atoms with van der Waals surface area (Å²) in [6, 6.07) is 16.0. The van der Waals surface area contributed by atoms with E-state index in [4.69, 9.17) is 9.72 Å². The van der Waals surface area contributed by atoms with Gasteiger partial charge in [-0.05, 0) is 60.2 Å². The minimum absolute atomic E-state index is 0.0501. The maximum Gasteiger partial charge on any atom is 0.255 e. The number of fused-ring (bicyclic) bond motifs is 2. The van der Waals surface area contributed by atoms with E-state index in [2.05, 4.69) is 6.08 Å². The van der Waals surface area contributed by atoms with Gasteiger partial charge in [0.15, 0.2) is 0 Å². The van der Waals surface area contributed by atoms with Crippen LogP contribution in [0.1, 0.15) is 53.4 Å². The fourth-order valence-electron chi connectivity index (χ4n) is 5.16. The zero-order chi connectivity index (χ0) is 24.4. The van der Waals surface area contributed by atoms with E-state index in [9.17, 15) is 9.59 Å². The van der Waals surface area contributed by atoms with Gasteiger partial charge in [-0.3, -0.25) is 9.59 Å². The molecule has 0 unspecified atom stereocenters. The van der Waals surface area contributed by atoms with Gasteiger partial charge in [-0.2, -0.15) is 0 Å². The topological polar surface area (TPSA) is 62.7 Å². The number of ether oxygens (including phenoxy) is 1. The van der Waals surface area contributed by atoms with Gasteiger partial charge < -0.3 is 14.5 Å². The Morgan fingerprint density at radius 1 is 0.971 bits per heavy atom. The third-order valence-corrected chi connectivity index (χ3v) is 7.06. The van der Waals surface area contributed by atoms with Crippen molar-refractivity contribution in [1.82, 2.24) is 14.8 Å². The molecule has 5 rings (SSSR count). The molecule has 0 saturated carbocycles. The molecule has 6 heteroatoms. The molecule has 35 heavy (non-hydrogen) atoms. The molecule has 1 fully saturated rings. The summed E-state index contributed by atoms with van der Waals surface area (Å²) < 4.78 is 5.29. The number of amides is 2. The Morgan fingerprint density at radius 2 is 1.69 bits per heavy atom. The molecule has 180 valence electrons. The van der Waals surface area contributed by atoms with Crippen molar-refractivity contribution in [3.05, 3.63) is 70.9 Å². The lowest BCUT2D eigenvalue weighted by Gasteiger charge is -2.35. The standard InChI is InChI=1S/C29H31N3O3/c1-3-26(33)31-15-17-32(18-16-31)29(34)27-23-8-4-5-10-25(23)30-28-21(7-6-9-24(27)28)19-20-11-13-22(35-2)14-12-20/h4-5,8,10-14,19H,3,6-7,9,15-18H2,1-2H3. The fraction of sp³-hybridized carbons (Fsp3) is 0.345. The van der Waals surface area contributed by atoms with E-state index in [1.54, 1.807) is 7.11 Å². The number of allylic oxidation sites excluding steroid dienone is 1. The van der Waals surface area contributed by atoms with Gasteiger partial charge in [-0.1, -0.05) is 37.3 Å². The van der Waals surface area contributed by atoms with Gasteiger partial charge in [0.1, 0.15) is 5.75 Å². The first-order valence-corrected chi connectivity index (χ1v) is 12.4.